The van der Waals surface area contributed by atoms with E-state index in [0.717, 1.165) is 23.4 Å². The zero-order valence-electron chi connectivity index (χ0n) is 16.5. The summed E-state index contributed by atoms with van der Waals surface area (Å²) in [5, 5.41) is 2.98. The van der Waals surface area contributed by atoms with Crippen molar-refractivity contribution in [1.29, 1.82) is 0 Å². The van der Waals surface area contributed by atoms with Crippen LogP contribution in [0.3, 0.4) is 0 Å². The minimum absolute atomic E-state index is 0.0273. The van der Waals surface area contributed by atoms with E-state index >= 15 is 0 Å². The molecule has 0 unspecified atom stereocenters. The molecule has 4 heteroatoms. The minimum Gasteiger partial charge on any atom is -0.352 e. The average molecular weight is 361 g/mol. The lowest BCUT2D eigenvalue weighted by atomic mass is 10.1. The van der Waals surface area contributed by atoms with Crippen molar-refractivity contribution in [3.8, 4) is 16.9 Å². The van der Waals surface area contributed by atoms with Crippen LogP contribution >= 0.6 is 0 Å². The smallest absolute Gasteiger partial charge is 0.251 e. The topological polar surface area (TPSA) is 46.9 Å². The predicted octanol–water partition coefficient (Wildman–Crippen LogP) is 4.93. The van der Waals surface area contributed by atoms with Crippen molar-refractivity contribution in [1.82, 2.24) is 14.9 Å². The highest BCUT2D eigenvalue weighted by molar-refractivity contribution is 5.94. The van der Waals surface area contributed by atoms with Crippen molar-refractivity contribution in [3.63, 3.8) is 0 Å². The number of amides is 1. The van der Waals surface area contributed by atoms with Gasteiger partial charge in [-0.2, -0.15) is 0 Å². The third-order valence-electron chi connectivity index (χ3n) is 4.73. The Morgan fingerprint density at radius 2 is 1.70 bits per heavy atom. The number of pyridine rings is 1. The Balaban J connectivity index is 1.85. The summed E-state index contributed by atoms with van der Waals surface area (Å²) < 4.78 is 2.20. The average Bonchev–Trinajstić information content (AvgIpc) is 3.00. The Bertz CT molecular complexity index is 904. The number of benzene rings is 1. The van der Waals surface area contributed by atoms with E-state index in [-0.39, 0.29) is 5.91 Å². The molecule has 0 atom stereocenters. The fraction of sp³-hybridized carbons (Fsp3) is 0.304. The van der Waals surface area contributed by atoms with Crippen molar-refractivity contribution < 1.29 is 4.79 Å². The van der Waals surface area contributed by atoms with Crippen LogP contribution in [0.4, 0.5) is 0 Å². The third-order valence-corrected chi connectivity index (χ3v) is 4.73. The van der Waals surface area contributed by atoms with Crippen LogP contribution in [0, 0.1) is 19.8 Å². The van der Waals surface area contributed by atoms with Gasteiger partial charge in [0.25, 0.3) is 5.91 Å². The molecule has 1 amide bonds. The van der Waals surface area contributed by atoms with Gasteiger partial charge in [-0.15, -0.1) is 0 Å². The molecule has 1 N–H and O–H groups in total. The van der Waals surface area contributed by atoms with Crippen LogP contribution < -0.4 is 5.32 Å². The number of rotatable bonds is 6. The summed E-state index contributed by atoms with van der Waals surface area (Å²) in [5.74, 6) is 0.552. The van der Waals surface area contributed by atoms with Crippen molar-refractivity contribution >= 4 is 5.91 Å². The van der Waals surface area contributed by atoms with Crippen LogP contribution in [0.2, 0.25) is 0 Å². The first-order valence-corrected chi connectivity index (χ1v) is 9.46. The maximum Gasteiger partial charge on any atom is 0.251 e. The Hall–Kier alpha value is -2.88. The molecule has 2 heterocycles. The largest absolute Gasteiger partial charge is 0.352 e. The van der Waals surface area contributed by atoms with Gasteiger partial charge in [-0.3, -0.25) is 9.78 Å². The molecule has 0 fully saturated rings. The van der Waals surface area contributed by atoms with E-state index in [4.69, 9.17) is 0 Å². The first-order chi connectivity index (χ1) is 13.0. The lowest BCUT2D eigenvalue weighted by Crippen LogP contribution is -2.25. The van der Waals surface area contributed by atoms with Gasteiger partial charge in [-0.25, -0.2) is 0 Å². The number of aryl methyl sites for hydroxylation is 2. The van der Waals surface area contributed by atoms with Crippen LogP contribution in [0.15, 0.2) is 54.7 Å². The number of carbonyl (C=O) groups is 1. The molecule has 3 rings (SSSR count). The van der Waals surface area contributed by atoms with E-state index in [1.165, 1.54) is 11.4 Å². The zero-order chi connectivity index (χ0) is 19.4. The van der Waals surface area contributed by atoms with Crippen LogP contribution in [-0.2, 0) is 0 Å². The Labute approximate surface area is 161 Å². The molecule has 4 nitrogen and oxygen atoms in total. The lowest BCUT2D eigenvalue weighted by Gasteiger charge is -2.14. The van der Waals surface area contributed by atoms with E-state index in [2.05, 4.69) is 60.8 Å². The molecule has 0 spiro atoms. The SMILES string of the molecule is Cc1ccc(C)n1-c1cccnc1-c1ccc(C(=O)NCCC(C)C)cc1. The number of aromatic nitrogens is 2. The van der Waals surface area contributed by atoms with Gasteiger partial charge < -0.3 is 9.88 Å². The summed E-state index contributed by atoms with van der Waals surface area (Å²) in [6.45, 7) is 9.19. The van der Waals surface area contributed by atoms with E-state index < -0.39 is 0 Å². The van der Waals surface area contributed by atoms with Gasteiger partial charge in [0.05, 0.1) is 11.4 Å². The van der Waals surface area contributed by atoms with Crippen LogP contribution in [0.1, 0.15) is 42.0 Å². The molecule has 140 valence electrons. The molecule has 0 saturated carbocycles. The molecule has 0 saturated heterocycles. The summed E-state index contributed by atoms with van der Waals surface area (Å²) >= 11 is 0. The predicted molar refractivity (Wildman–Crippen MR) is 110 cm³/mol. The highest BCUT2D eigenvalue weighted by Gasteiger charge is 2.12. The number of carbonyl (C=O) groups excluding carboxylic acids is 1. The Morgan fingerprint density at radius 3 is 2.33 bits per heavy atom. The quantitative estimate of drug-likeness (QED) is 0.676. The highest BCUT2D eigenvalue weighted by Crippen LogP contribution is 2.27. The van der Waals surface area contributed by atoms with E-state index in [9.17, 15) is 4.79 Å². The van der Waals surface area contributed by atoms with Gasteiger partial charge in [0, 0.05) is 35.3 Å². The summed E-state index contributed by atoms with van der Waals surface area (Å²) in [7, 11) is 0. The van der Waals surface area contributed by atoms with Gasteiger partial charge in [0.1, 0.15) is 0 Å². The summed E-state index contributed by atoms with van der Waals surface area (Å²) in [5.41, 5.74) is 5.97. The first kappa shape index (κ1) is 18.9. The number of nitrogens with one attached hydrogen (secondary N) is 1. The van der Waals surface area contributed by atoms with Gasteiger partial charge in [0.2, 0.25) is 0 Å². The lowest BCUT2D eigenvalue weighted by molar-refractivity contribution is 0.0952. The molecule has 0 radical (unpaired) electrons. The molecule has 27 heavy (non-hydrogen) atoms. The maximum atomic E-state index is 12.3. The van der Waals surface area contributed by atoms with Crippen molar-refractivity contribution in [2.45, 2.75) is 34.1 Å². The molecule has 2 aromatic heterocycles. The molecule has 0 aliphatic rings. The Morgan fingerprint density at radius 1 is 1.04 bits per heavy atom. The fourth-order valence-corrected chi connectivity index (χ4v) is 3.20. The normalized spacial score (nSPS) is 11.0. The molecule has 0 bridgehead atoms. The number of hydrogen-bond acceptors (Lipinski definition) is 2. The van der Waals surface area contributed by atoms with Crippen molar-refractivity contribution in [3.05, 3.63) is 71.7 Å². The Kier molecular flexibility index (Phi) is 5.75. The van der Waals surface area contributed by atoms with Gasteiger partial charge in [-0.05, 0) is 62.6 Å². The van der Waals surface area contributed by atoms with Crippen LogP contribution in [0.25, 0.3) is 16.9 Å². The zero-order valence-corrected chi connectivity index (χ0v) is 16.5. The molecule has 3 aromatic rings. The molecule has 0 aliphatic carbocycles. The molecule has 0 aliphatic heterocycles. The van der Waals surface area contributed by atoms with Gasteiger partial charge >= 0.3 is 0 Å². The number of hydrogen-bond donors (Lipinski definition) is 1. The first-order valence-electron chi connectivity index (χ1n) is 9.46. The molecular formula is C23H27N3O. The molecule has 1 aromatic carbocycles. The standard InChI is InChI=1S/C23H27N3O/c1-16(2)13-15-25-23(27)20-11-9-19(10-12-20)22-21(6-5-14-24-22)26-17(3)7-8-18(26)4/h5-12,14,16H,13,15H2,1-4H3,(H,25,27). The summed E-state index contributed by atoms with van der Waals surface area (Å²) in [4.78, 5) is 16.9. The van der Waals surface area contributed by atoms with Crippen molar-refractivity contribution in [2.24, 2.45) is 5.92 Å². The molecular weight excluding hydrogens is 334 g/mol. The van der Waals surface area contributed by atoms with Gasteiger partial charge in [0.15, 0.2) is 0 Å². The highest BCUT2D eigenvalue weighted by atomic mass is 16.1. The summed E-state index contributed by atoms with van der Waals surface area (Å²) in [6, 6.07) is 15.9. The maximum absolute atomic E-state index is 12.3. The second kappa shape index (κ2) is 8.21. The van der Waals surface area contributed by atoms with Gasteiger partial charge in [-0.1, -0.05) is 26.0 Å². The van der Waals surface area contributed by atoms with E-state index in [0.29, 0.717) is 18.0 Å². The number of nitrogens with zero attached hydrogens (tertiary/aromatic N) is 2. The van der Waals surface area contributed by atoms with Crippen LogP contribution in [-0.4, -0.2) is 22.0 Å². The van der Waals surface area contributed by atoms with Crippen LogP contribution in [0.5, 0.6) is 0 Å². The summed E-state index contributed by atoms with van der Waals surface area (Å²) in [6.07, 6.45) is 2.79. The second-order valence-corrected chi connectivity index (χ2v) is 7.34. The van der Waals surface area contributed by atoms with E-state index in [1.54, 1.807) is 6.20 Å². The fourth-order valence-electron chi connectivity index (χ4n) is 3.20. The van der Waals surface area contributed by atoms with E-state index in [1.807, 2.05) is 30.3 Å². The monoisotopic (exact) mass is 361 g/mol. The second-order valence-electron chi connectivity index (χ2n) is 7.34. The third kappa shape index (κ3) is 4.27. The van der Waals surface area contributed by atoms with Crippen molar-refractivity contribution in [2.75, 3.05) is 6.54 Å². The minimum atomic E-state index is -0.0273.